The van der Waals surface area contributed by atoms with Gasteiger partial charge in [0.1, 0.15) is 5.82 Å². The van der Waals surface area contributed by atoms with Gasteiger partial charge in [-0.3, -0.25) is 0 Å². The Hall–Kier alpha value is -1.16. The largest absolute Gasteiger partial charge is 0.478 e. The van der Waals surface area contributed by atoms with E-state index in [4.69, 9.17) is 4.74 Å². The zero-order chi connectivity index (χ0) is 12.8. The number of nitrogens with zero attached hydrogens (tertiary/aromatic N) is 2. The van der Waals surface area contributed by atoms with Crippen molar-refractivity contribution in [1.82, 2.24) is 15.3 Å². The molecule has 0 aromatic carbocycles. The van der Waals surface area contributed by atoms with Crippen LogP contribution in [0.4, 0.5) is 0 Å². The van der Waals surface area contributed by atoms with Gasteiger partial charge in [0, 0.05) is 24.2 Å². The highest BCUT2D eigenvalue weighted by Crippen LogP contribution is 2.13. The lowest BCUT2D eigenvalue weighted by Gasteiger charge is -2.20. The second-order valence-corrected chi connectivity index (χ2v) is 4.52. The molecule has 1 aromatic heterocycles. The van der Waals surface area contributed by atoms with Gasteiger partial charge < -0.3 is 10.1 Å². The van der Waals surface area contributed by atoms with Crippen molar-refractivity contribution < 1.29 is 4.74 Å². The van der Waals surface area contributed by atoms with E-state index in [2.05, 4.69) is 29.1 Å². The summed E-state index contributed by atoms with van der Waals surface area (Å²) in [6, 6.07) is 2.36. The summed E-state index contributed by atoms with van der Waals surface area (Å²) in [4.78, 5) is 8.70. The number of rotatable bonds is 6. The molecular formula is C13H23N3O. The summed E-state index contributed by atoms with van der Waals surface area (Å²) in [7, 11) is 1.99. The quantitative estimate of drug-likeness (QED) is 0.821. The van der Waals surface area contributed by atoms with Gasteiger partial charge in [-0.25, -0.2) is 4.98 Å². The molecule has 0 aliphatic carbocycles. The van der Waals surface area contributed by atoms with Crippen molar-refractivity contribution in [2.45, 2.75) is 40.2 Å². The first-order chi connectivity index (χ1) is 8.06. The van der Waals surface area contributed by atoms with Crippen molar-refractivity contribution in [2.24, 2.45) is 5.92 Å². The molecule has 17 heavy (non-hydrogen) atoms. The Bertz CT molecular complexity index is 353. The van der Waals surface area contributed by atoms with E-state index in [-0.39, 0.29) is 0 Å². The van der Waals surface area contributed by atoms with Crippen LogP contribution >= 0.6 is 0 Å². The highest BCUT2D eigenvalue weighted by atomic mass is 16.5. The predicted molar refractivity (Wildman–Crippen MR) is 69.3 cm³/mol. The molecule has 0 amide bonds. The van der Waals surface area contributed by atoms with Crippen molar-refractivity contribution in [2.75, 3.05) is 13.7 Å². The van der Waals surface area contributed by atoms with Crippen LogP contribution < -0.4 is 10.1 Å². The van der Waals surface area contributed by atoms with Crippen LogP contribution in [0, 0.1) is 12.8 Å². The molecule has 0 saturated carbocycles. The van der Waals surface area contributed by atoms with Crippen molar-refractivity contribution in [1.29, 1.82) is 0 Å². The first kappa shape index (κ1) is 13.9. The summed E-state index contributed by atoms with van der Waals surface area (Å²) in [6.07, 6.45) is 0.900. The maximum atomic E-state index is 5.43. The van der Waals surface area contributed by atoms with E-state index in [0.29, 0.717) is 24.4 Å². The van der Waals surface area contributed by atoms with Crippen LogP contribution in [-0.4, -0.2) is 29.7 Å². The highest BCUT2D eigenvalue weighted by Gasteiger charge is 2.13. The molecule has 4 heteroatoms. The van der Waals surface area contributed by atoms with Crippen LogP contribution in [0.2, 0.25) is 0 Å². The summed E-state index contributed by atoms with van der Waals surface area (Å²) in [6.45, 7) is 8.91. The normalized spacial score (nSPS) is 12.8. The monoisotopic (exact) mass is 237 g/mol. The first-order valence-corrected chi connectivity index (χ1v) is 6.21. The number of hydrogen-bond donors (Lipinski definition) is 1. The van der Waals surface area contributed by atoms with E-state index in [1.54, 1.807) is 0 Å². The number of ether oxygens (including phenoxy) is 1. The van der Waals surface area contributed by atoms with Gasteiger partial charge >= 0.3 is 0 Å². The Morgan fingerprint density at radius 1 is 1.35 bits per heavy atom. The van der Waals surface area contributed by atoms with E-state index in [0.717, 1.165) is 17.9 Å². The van der Waals surface area contributed by atoms with Crippen molar-refractivity contribution in [3.8, 4) is 5.88 Å². The Morgan fingerprint density at radius 2 is 2.06 bits per heavy atom. The number of aromatic nitrogens is 2. The zero-order valence-corrected chi connectivity index (χ0v) is 11.4. The average molecular weight is 237 g/mol. The summed E-state index contributed by atoms with van der Waals surface area (Å²) in [5, 5.41) is 3.32. The fourth-order valence-electron chi connectivity index (χ4n) is 1.82. The van der Waals surface area contributed by atoms with Crippen LogP contribution in [0.15, 0.2) is 6.07 Å². The molecule has 0 aliphatic rings. The second-order valence-electron chi connectivity index (χ2n) is 4.52. The third-order valence-electron chi connectivity index (χ3n) is 2.76. The molecule has 1 heterocycles. The van der Waals surface area contributed by atoms with E-state index in [1.165, 1.54) is 0 Å². The smallest absolute Gasteiger partial charge is 0.216 e. The van der Waals surface area contributed by atoms with E-state index >= 15 is 0 Å². The SMILES string of the molecule is CCOc1cc(CC(NC)C(C)C)nc(C)n1. The van der Waals surface area contributed by atoms with Gasteiger partial charge in [-0.1, -0.05) is 13.8 Å². The minimum atomic E-state index is 0.429. The number of aryl methyl sites for hydroxylation is 1. The van der Waals surface area contributed by atoms with E-state index < -0.39 is 0 Å². The molecule has 4 nitrogen and oxygen atoms in total. The zero-order valence-electron chi connectivity index (χ0n) is 11.4. The molecule has 0 radical (unpaired) electrons. The molecule has 0 aliphatic heterocycles. The highest BCUT2D eigenvalue weighted by molar-refractivity contribution is 5.17. The Kier molecular flexibility index (Phi) is 5.35. The van der Waals surface area contributed by atoms with Crippen LogP contribution in [-0.2, 0) is 6.42 Å². The van der Waals surface area contributed by atoms with E-state index in [9.17, 15) is 0 Å². The Balaban J connectivity index is 2.82. The fraction of sp³-hybridized carbons (Fsp3) is 0.692. The molecule has 1 aromatic rings. The molecule has 96 valence electrons. The van der Waals surface area contributed by atoms with Gasteiger partial charge in [-0.15, -0.1) is 0 Å². The Morgan fingerprint density at radius 3 is 2.59 bits per heavy atom. The Labute approximate surface area is 104 Å². The topological polar surface area (TPSA) is 47.0 Å². The minimum Gasteiger partial charge on any atom is -0.478 e. The standard InChI is InChI=1S/C13H23N3O/c1-6-17-13-8-11(15-10(4)16-13)7-12(14-5)9(2)3/h8-9,12,14H,6-7H2,1-5H3. The van der Waals surface area contributed by atoms with Gasteiger partial charge in [0.25, 0.3) is 0 Å². The van der Waals surface area contributed by atoms with Gasteiger partial charge in [0.05, 0.1) is 6.61 Å². The third kappa shape index (κ3) is 4.30. The molecule has 1 N–H and O–H groups in total. The third-order valence-corrected chi connectivity index (χ3v) is 2.76. The second kappa shape index (κ2) is 6.55. The van der Waals surface area contributed by atoms with Crippen molar-refractivity contribution in [3.63, 3.8) is 0 Å². The van der Waals surface area contributed by atoms with Crippen molar-refractivity contribution in [3.05, 3.63) is 17.6 Å². The summed E-state index contributed by atoms with van der Waals surface area (Å²) in [5.74, 6) is 2.02. The first-order valence-electron chi connectivity index (χ1n) is 6.21. The average Bonchev–Trinajstić information content (AvgIpc) is 2.25. The van der Waals surface area contributed by atoms with Crippen LogP contribution in [0.5, 0.6) is 5.88 Å². The van der Waals surface area contributed by atoms with Crippen LogP contribution in [0.3, 0.4) is 0 Å². The summed E-state index contributed by atoms with van der Waals surface area (Å²) in [5.41, 5.74) is 1.04. The van der Waals surface area contributed by atoms with E-state index in [1.807, 2.05) is 27.0 Å². The number of likely N-dealkylation sites (N-methyl/N-ethyl adjacent to an activating group) is 1. The van der Waals surface area contributed by atoms with Crippen LogP contribution in [0.1, 0.15) is 32.3 Å². The number of nitrogens with one attached hydrogen (secondary N) is 1. The fourth-order valence-corrected chi connectivity index (χ4v) is 1.82. The number of hydrogen-bond acceptors (Lipinski definition) is 4. The van der Waals surface area contributed by atoms with Gasteiger partial charge in [0.2, 0.25) is 5.88 Å². The van der Waals surface area contributed by atoms with Crippen molar-refractivity contribution >= 4 is 0 Å². The lowest BCUT2D eigenvalue weighted by Crippen LogP contribution is -2.33. The summed E-state index contributed by atoms with van der Waals surface area (Å²) >= 11 is 0. The maximum absolute atomic E-state index is 5.43. The minimum absolute atomic E-state index is 0.429. The molecular weight excluding hydrogens is 214 g/mol. The lowest BCUT2D eigenvalue weighted by atomic mass is 9.99. The predicted octanol–water partition coefficient (Wildman–Crippen LogP) is 1.97. The summed E-state index contributed by atoms with van der Waals surface area (Å²) < 4.78 is 5.43. The molecule has 1 atom stereocenters. The molecule has 0 bridgehead atoms. The molecule has 1 unspecified atom stereocenters. The molecule has 0 saturated heterocycles. The lowest BCUT2D eigenvalue weighted by molar-refractivity contribution is 0.324. The van der Waals surface area contributed by atoms with Gasteiger partial charge in [-0.2, -0.15) is 4.98 Å². The van der Waals surface area contributed by atoms with Gasteiger partial charge in [-0.05, 0) is 26.8 Å². The molecule has 0 spiro atoms. The van der Waals surface area contributed by atoms with Gasteiger partial charge in [0.15, 0.2) is 0 Å². The molecule has 0 fully saturated rings. The molecule has 1 rings (SSSR count). The van der Waals surface area contributed by atoms with Crippen LogP contribution in [0.25, 0.3) is 0 Å². The maximum Gasteiger partial charge on any atom is 0.216 e.